The lowest BCUT2D eigenvalue weighted by Crippen LogP contribution is -2.31. The number of rotatable bonds is 9. The highest BCUT2D eigenvalue weighted by atomic mass is 32.2. The van der Waals surface area contributed by atoms with Crippen molar-refractivity contribution in [3.8, 4) is 0 Å². The van der Waals surface area contributed by atoms with Gasteiger partial charge in [-0.1, -0.05) is 0 Å². The molecule has 9 heteroatoms. The van der Waals surface area contributed by atoms with Crippen LogP contribution in [0.5, 0.6) is 0 Å². The largest absolute Gasteiger partial charge is 0.356 e. The quantitative estimate of drug-likeness (QED) is 0.605. The Kier molecular flexibility index (Phi) is 7.14. The Balaban J connectivity index is 1.33. The van der Waals surface area contributed by atoms with E-state index in [9.17, 15) is 17.6 Å². The highest BCUT2D eigenvalue weighted by Gasteiger charge is 2.15. The normalized spacial score (nSPS) is 13.9. The van der Waals surface area contributed by atoms with Crippen molar-refractivity contribution in [2.24, 2.45) is 0 Å². The van der Waals surface area contributed by atoms with Crippen molar-refractivity contribution < 1.29 is 17.6 Å². The molecule has 0 bridgehead atoms. The van der Waals surface area contributed by atoms with Gasteiger partial charge >= 0.3 is 0 Å². The van der Waals surface area contributed by atoms with Crippen molar-refractivity contribution >= 4 is 27.3 Å². The lowest BCUT2D eigenvalue weighted by atomic mass is 10.0. The summed E-state index contributed by atoms with van der Waals surface area (Å²) in [6, 6.07) is 4.54. The minimum atomic E-state index is -3.74. The molecule has 1 amide bonds. The van der Waals surface area contributed by atoms with Crippen LogP contribution in [0.2, 0.25) is 0 Å². The number of hydrogen-bond acceptors (Lipinski definition) is 5. The van der Waals surface area contributed by atoms with Crippen LogP contribution >= 0.6 is 11.3 Å². The number of nitrogens with one attached hydrogen (secondary N) is 2. The van der Waals surface area contributed by atoms with Gasteiger partial charge in [0.05, 0.1) is 15.6 Å². The number of aryl methyl sites for hydroxylation is 3. The van der Waals surface area contributed by atoms with E-state index < -0.39 is 15.8 Å². The maximum atomic E-state index is 12.9. The average Bonchev–Trinajstić information content (AvgIpc) is 3.08. The number of thiazole rings is 1. The Bertz CT molecular complexity index is 888. The van der Waals surface area contributed by atoms with Crippen LogP contribution in [0.3, 0.4) is 0 Å². The first kappa shape index (κ1) is 20.9. The smallest absolute Gasteiger partial charge is 0.240 e. The monoisotopic (exact) mass is 425 g/mol. The molecule has 0 saturated heterocycles. The molecule has 1 aliphatic carbocycles. The molecule has 0 fully saturated rings. The molecule has 28 heavy (non-hydrogen) atoms. The molecule has 6 nitrogen and oxygen atoms in total. The van der Waals surface area contributed by atoms with Crippen molar-refractivity contribution in [3.05, 3.63) is 45.7 Å². The molecule has 0 spiro atoms. The Labute approximate surface area is 168 Å². The van der Waals surface area contributed by atoms with Gasteiger partial charge in [0, 0.05) is 30.8 Å². The summed E-state index contributed by atoms with van der Waals surface area (Å²) < 4.78 is 39.3. The van der Waals surface area contributed by atoms with Crippen LogP contribution in [0, 0.1) is 5.82 Å². The standard InChI is InChI=1S/C19H24FN3O3S2/c20-14-7-9-15(10-8-14)28(25,26)22-13-11-18(24)21-12-3-6-19-23-16-4-1-2-5-17(16)27-19/h7-10,22H,1-6,11-13H2,(H,21,24). The number of hydrogen-bond donors (Lipinski definition) is 2. The second-order valence-corrected chi connectivity index (χ2v) is 9.67. The van der Waals surface area contributed by atoms with Crippen molar-refractivity contribution in [1.29, 1.82) is 0 Å². The number of sulfonamides is 1. The summed E-state index contributed by atoms with van der Waals surface area (Å²) in [6.07, 6.45) is 6.38. The summed E-state index contributed by atoms with van der Waals surface area (Å²) in [4.78, 5) is 17.9. The molecule has 1 heterocycles. The molecule has 0 saturated carbocycles. The molecule has 1 aromatic carbocycles. The Hall–Kier alpha value is -1.84. The Morgan fingerprint density at radius 3 is 2.64 bits per heavy atom. The third-order valence-electron chi connectivity index (χ3n) is 4.55. The zero-order valence-corrected chi connectivity index (χ0v) is 17.2. The van der Waals surface area contributed by atoms with Gasteiger partial charge in [-0.15, -0.1) is 11.3 Å². The van der Waals surface area contributed by atoms with Crippen LogP contribution < -0.4 is 10.0 Å². The number of carbonyl (C=O) groups is 1. The van der Waals surface area contributed by atoms with Gasteiger partial charge in [0.15, 0.2) is 0 Å². The van der Waals surface area contributed by atoms with E-state index in [0.29, 0.717) is 6.54 Å². The number of aromatic nitrogens is 1. The van der Waals surface area contributed by atoms with Crippen LogP contribution in [0.4, 0.5) is 4.39 Å². The summed E-state index contributed by atoms with van der Waals surface area (Å²) in [6.45, 7) is 0.526. The molecule has 0 aliphatic heterocycles. The van der Waals surface area contributed by atoms with E-state index in [2.05, 4.69) is 15.0 Å². The first-order valence-corrected chi connectivity index (χ1v) is 11.7. The third-order valence-corrected chi connectivity index (χ3v) is 7.24. The number of benzene rings is 1. The fourth-order valence-electron chi connectivity index (χ4n) is 3.06. The molecule has 1 aromatic heterocycles. The molecule has 0 unspecified atom stereocenters. The average molecular weight is 426 g/mol. The van der Waals surface area contributed by atoms with E-state index in [1.54, 1.807) is 11.3 Å². The van der Waals surface area contributed by atoms with Gasteiger partial charge in [-0.2, -0.15) is 0 Å². The fourth-order valence-corrected chi connectivity index (χ4v) is 5.29. The highest BCUT2D eigenvalue weighted by molar-refractivity contribution is 7.89. The lowest BCUT2D eigenvalue weighted by molar-refractivity contribution is -0.120. The van der Waals surface area contributed by atoms with Crippen molar-refractivity contribution in [3.63, 3.8) is 0 Å². The minimum Gasteiger partial charge on any atom is -0.356 e. The van der Waals surface area contributed by atoms with Gasteiger partial charge in [0.1, 0.15) is 5.82 Å². The first-order chi connectivity index (χ1) is 13.4. The molecule has 1 aliphatic rings. The van der Waals surface area contributed by atoms with Crippen molar-refractivity contribution in [2.45, 2.75) is 49.8 Å². The molecule has 0 radical (unpaired) electrons. The Morgan fingerprint density at radius 1 is 1.14 bits per heavy atom. The topological polar surface area (TPSA) is 88.2 Å². The van der Waals surface area contributed by atoms with Crippen LogP contribution in [-0.2, 0) is 34.1 Å². The number of halogens is 1. The second kappa shape index (κ2) is 9.58. The molecular formula is C19H24FN3O3S2. The van der Waals surface area contributed by atoms with Crippen molar-refractivity contribution in [1.82, 2.24) is 15.0 Å². The zero-order chi connectivity index (χ0) is 20.0. The van der Waals surface area contributed by atoms with Crippen LogP contribution in [0.15, 0.2) is 29.2 Å². The maximum Gasteiger partial charge on any atom is 0.240 e. The molecule has 0 atom stereocenters. The highest BCUT2D eigenvalue weighted by Crippen LogP contribution is 2.27. The number of nitrogens with zero attached hydrogens (tertiary/aromatic N) is 1. The molecule has 2 N–H and O–H groups in total. The van der Waals surface area contributed by atoms with Gasteiger partial charge < -0.3 is 5.32 Å². The third kappa shape index (κ3) is 5.83. The minimum absolute atomic E-state index is 0.00918. The molecular weight excluding hydrogens is 401 g/mol. The fraction of sp³-hybridized carbons (Fsp3) is 0.474. The van der Waals surface area contributed by atoms with Gasteiger partial charge in [-0.3, -0.25) is 4.79 Å². The summed E-state index contributed by atoms with van der Waals surface area (Å²) in [5.41, 5.74) is 1.25. The van der Waals surface area contributed by atoms with Crippen LogP contribution in [-0.4, -0.2) is 32.4 Å². The summed E-state index contributed by atoms with van der Waals surface area (Å²) >= 11 is 1.79. The van der Waals surface area contributed by atoms with E-state index in [4.69, 9.17) is 0 Å². The van der Waals surface area contributed by atoms with E-state index in [1.165, 1.54) is 35.5 Å². The van der Waals surface area contributed by atoms with Crippen LogP contribution in [0.25, 0.3) is 0 Å². The van der Waals surface area contributed by atoms with E-state index in [0.717, 1.165) is 42.8 Å². The zero-order valence-electron chi connectivity index (χ0n) is 15.5. The number of fused-ring (bicyclic) bond motifs is 1. The summed E-state index contributed by atoms with van der Waals surface area (Å²) in [5, 5.41) is 3.93. The predicted molar refractivity (Wildman–Crippen MR) is 106 cm³/mol. The number of amides is 1. The molecule has 152 valence electrons. The van der Waals surface area contributed by atoms with E-state index in [-0.39, 0.29) is 23.8 Å². The summed E-state index contributed by atoms with van der Waals surface area (Å²) in [5.74, 6) is -0.712. The second-order valence-electron chi connectivity index (χ2n) is 6.74. The van der Waals surface area contributed by atoms with E-state index in [1.807, 2.05) is 0 Å². The van der Waals surface area contributed by atoms with Gasteiger partial charge in [0.25, 0.3) is 0 Å². The SMILES string of the molecule is O=C(CCNS(=O)(=O)c1ccc(F)cc1)NCCCc1nc2c(s1)CCCC2. The van der Waals surface area contributed by atoms with Gasteiger partial charge in [-0.05, 0) is 56.4 Å². The lowest BCUT2D eigenvalue weighted by Gasteiger charge is -2.07. The molecule has 3 rings (SSSR count). The van der Waals surface area contributed by atoms with Crippen LogP contribution in [0.1, 0.15) is 41.3 Å². The van der Waals surface area contributed by atoms with Gasteiger partial charge in [0.2, 0.25) is 15.9 Å². The van der Waals surface area contributed by atoms with Gasteiger partial charge in [-0.25, -0.2) is 22.5 Å². The van der Waals surface area contributed by atoms with Crippen molar-refractivity contribution in [2.75, 3.05) is 13.1 Å². The number of carbonyl (C=O) groups excluding carboxylic acids is 1. The maximum absolute atomic E-state index is 12.9. The molecule has 2 aromatic rings. The van der Waals surface area contributed by atoms with E-state index >= 15 is 0 Å². The summed E-state index contributed by atoms with van der Waals surface area (Å²) in [7, 11) is -3.74. The predicted octanol–water partition coefficient (Wildman–Crippen LogP) is 2.58. The first-order valence-electron chi connectivity index (χ1n) is 9.43. The Morgan fingerprint density at radius 2 is 1.89 bits per heavy atom.